The molecule has 1 aliphatic rings. The number of rotatable bonds is 1. The van der Waals surface area contributed by atoms with Crippen LogP contribution in [-0.2, 0) is 4.79 Å². The van der Waals surface area contributed by atoms with Crippen molar-refractivity contribution in [3.63, 3.8) is 0 Å². The minimum Gasteiger partial charge on any atom is -0.304 e. The molecule has 0 spiro atoms. The Bertz CT molecular complexity index is 168. The molecule has 0 saturated carbocycles. The second kappa shape index (κ2) is 2.97. The van der Waals surface area contributed by atoms with E-state index in [0.717, 1.165) is 19.3 Å². The number of carbonyl (C=O) groups excluding carboxylic acids is 1. The van der Waals surface area contributed by atoms with Crippen LogP contribution in [-0.4, -0.2) is 18.9 Å². The number of aldehydes is 1. The molecule has 1 N–H and O–H groups in total. The van der Waals surface area contributed by atoms with E-state index in [1.54, 1.807) is 0 Å². The Labute approximate surface area is 61.3 Å². The van der Waals surface area contributed by atoms with Gasteiger partial charge in [-0.3, -0.25) is 0 Å². The SMILES string of the molecule is CC(C)=C1CCNC1C=O. The van der Waals surface area contributed by atoms with E-state index in [1.807, 2.05) is 0 Å². The van der Waals surface area contributed by atoms with Gasteiger partial charge in [-0.2, -0.15) is 0 Å². The third-order valence-electron chi connectivity index (χ3n) is 1.91. The zero-order valence-corrected chi connectivity index (χ0v) is 6.48. The molecule has 0 bridgehead atoms. The van der Waals surface area contributed by atoms with Crippen LogP contribution in [0, 0.1) is 0 Å². The summed E-state index contributed by atoms with van der Waals surface area (Å²) >= 11 is 0. The second-order valence-electron chi connectivity index (χ2n) is 2.84. The predicted octanol–water partition coefficient (Wildman–Crippen LogP) is 0.884. The van der Waals surface area contributed by atoms with Gasteiger partial charge in [0.15, 0.2) is 0 Å². The maximum absolute atomic E-state index is 10.4. The highest BCUT2D eigenvalue weighted by atomic mass is 16.1. The van der Waals surface area contributed by atoms with E-state index in [2.05, 4.69) is 19.2 Å². The summed E-state index contributed by atoms with van der Waals surface area (Å²) in [6.45, 7) is 5.06. The van der Waals surface area contributed by atoms with Crippen molar-refractivity contribution in [2.24, 2.45) is 0 Å². The third kappa shape index (κ3) is 1.27. The zero-order chi connectivity index (χ0) is 7.56. The van der Waals surface area contributed by atoms with Crippen molar-refractivity contribution in [2.75, 3.05) is 6.54 Å². The Morgan fingerprint density at radius 1 is 1.70 bits per heavy atom. The Balaban J connectivity index is 2.77. The quantitative estimate of drug-likeness (QED) is 0.431. The Hall–Kier alpha value is -0.630. The van der Waals surface area contributed by atoms with Crippen LogP contribution in [0.5, 0.6) is 0 Å². The highest BCUT2D eigenvalue weighted by molar-refractivity contribution is 5.64. The van der Waals surface area contributed by atoms with Crippen LogP contribution >= 0.6 is 0 Å². The van der Waals surface area contributed by atoms with Crippen LogP contribution in [0.3, 0.4) is 0 Å². The summed E-state index contributed by atoms with van der Waals surface area (Å²) in [6, 6.07) is 0.00463. The van der Waals surface area contributed by atoms with Gasteiger partial charge in [-0.05, 0) is 32.4 Å². The van der Waals surface area contributed by atoms with Crippen molar-refractivity contribution in [3.8, 4) is 0 Å². The fourth-order valence-electron chi connectivity index (χ4n) is 1.33. The van der Waals surface area contributed by atoms with Gasteiger partial charge in [0.05, 0.1) is 6.04 Å². The van der Waals surface area contributed by atoms with Gasteiger partial charge < -0.3 is 10.1 Å². The van der Waals surface area contributed by atoms with Gasteiger partial charge in [-0.15, -0.1) is 0 Å². The molecule has 1 atom stereocenters. The molecule has 0 amide bonds. The van der Waals surface area contributed by atoms with Crippen LogP contribution in [0.1, 0.15) is 20.3 Å². The first-order chi connectivity index (χ1) is 4.75. The molecule has 0 radical (unpaired) electrons. The molecule has 1 aliphatic heterocycles. The summed E-state index contributed by atoms with van der Waals surface area (Å²) in [4.78, 5) is 10.4. The van der Waals surface area contributed by atoms with Crippen molar-refractivity contribution in [1.82, 2.24) is 5.32 Å². The van der Waals surface area contributed by atoms with Crippen LogP contribution in [0.4, 0.5) is 0 Å². The van der Waals surface area contributed by atoms with Crippen molar-refractivity contribution in [2.45, 2.75) is 26.3 Å². The number of carbonyl (C=O) groups is 1. The summed E-state index contributed by atoms with van der Waals surface area (Å²) in [6.07, 6.45) is 2.01. The lowest BCUT2D eigenvalue weighted by molar-refractivity contribution is -0.108. The molecule has 1 rings (SSSR count). The van der Waals surface area contributed by atoms with Crippen LogP contribution in [0.25, 0.3) is 0 Å². The first kappa shape index (κ1) is 7.48. The summed E-state index contributed by atoms with van der Waals surface area (Å²) < 4.78 is 0. The highest BCUT2D eigenvalue weighted by Gasteiger charge is 2.19. The van der Waals surface area contributed by atoms with Gasteiger partial charge in [0, 0.05) is 0 Å². The summed E-state index contributed by atoms with van der Waals surface area (Å²) in [5, 5.41) is 3.11. The molecule has 1 unspecified atom stereocenters. The summed E-state index contributed by atoms with van der Waals surface area (Å²) in [5.41, 5.74) is 2.55. The molecule has 1 heterocycles. The number of hydrogen-bond donors (Lipinski definition) is 1. The number of nitrogens with one attached hydrogen (secondary N) is 1. The van der Waals surface area contributed by atoms with E-state index >= 15 is 0 Å². The normalized spacial score (nSPS) is 25.0. The van der Waals surface area contributed by atoms with E-state index in [4.69, 9.17) is 0 Å². The van der Waals surface area contributed by atoms with Crippen LogP contribution in [0.15, 0.2) is 11.1 Å². The molecule has 0 aromatic heterocycles. The summed E-state index contributed by atoms with van der Waals surface area (Å²) in [7, 11) is 0. The molecule has 0 aromatic carbocycles. The smallest absolute Gasteiger partial charge is 0.141 e. The molecule has 2 nitrogen and oxygen atoms in total. The van der Waals surface area contributed by atoms with Gasteiger partial charge in [-0.25, -0.2) is 0 Å². The first-order valence-electron chi connectivity index (χ1n) is 3.60. The Morgan fingerprint density at radius 2 is 2.40 bits per heavy atom. The fourth-order valence-corrected chi connectivity index (χ4v) is 1.33. The molecule has 1 fully saturated rings. The molecule has 2 heteroatoms. The lowest BCUT2D eigenvalue weighted by Crippen LogP contribution is -2.24. The fraction of sp³-hybridized carbons (Fsp3) is 0.625. The first-order valence-corrected chi connectivity index (χ1v) is 3.60. The molecule has 56 valence electrons. The minimum atomic E-state index is 0.00463. The van der Waals surface area contributed by atoms with Crippen molar-refractivity contribution in [3.05, 3.63) is 11.1 Å². The van der Waals surface area contributed by atoms with E-state index in [-0.39, 0.29) is 6.04 Å². The highest BCUT2D eigenvalue weighted by Crippen LogP contribution is 2.16. The number of hydrogen-bond acceptors (Lipinski definition) is 2. The van der Waals surface area contributed by atoms with E-state index < -0.39 is 0 Å². The number of allylic oxidation sites excluding steroid dienone is 1. The second-order valence-corrected chi connectivity index (χ2v) is 2.84. The van der Waals surface area contributed by atoms with E-state index in [9.17, 15) is 4.79 Å². The van der Waals surface area contributed by atoms with Gasteiger partial charge in [0.1, 0.15) is 6.29 Å². The predicted molar refractivity (Wildman–Crippen MR) is 40.8 cm³/mol. The minimum absolute atomic E-state index is 0.00463. The van der Waals surface area contributed by atoms with E-state index in [0.29, 0.717) is 0 Å². The maximum Gasteiger partial charge on any atom is 0.141 e. The van der Waals surface area contributed by atoms with Gasteiger partial charge in [0.25, 0.3) is 0 Å². The van der Waals surface area contributed by atoms with Crippen molar-refractivity contribution >= 4 is 6.29 Å². The zero-order valence-electron chi connectivity index (χ0n) is 6.48. The third-order valence-corrected chi connectivity index (χ3v) is 1.91. The lowest BCUT2D eigenvalue weighted by Gasteiger charge is -2.04. The standard InChI is InChI=1S/C8H13NO/c1-6(2)7-3-4-9-8(7)5-10/h5,8-9H,3-4H2,1-2H3. The molecule has 1 saturated heterocycles. The molecule has 10 heavy (non-hydrogen) atoms. The van der Waals surface area contributed by atoms with Crippen LogP contribution < -0.4 is 5.32 Å². The van der Waals surface area contributed by atoms with Crippen LogP contribution in [0.2, 0.25) is 0 Å². The summed E-state index contributed by atoms with van der Waals surface area (Å²) in [5.74, 6) is 0. The Morgan fingerprint density at radius 3 is 2.80 bits per heavy atom. The molecular weight excluding hydrogens is 126 g/mol. The average Bonchev–Trinajstić information content (AvgIpc) is 2.33. The molecule has 0 aromatic rings. The topological polar surface area (TPSA) is 29.1 Å². The van der Waals surface area contributed by atoms with Crippen molar-refractivity contribution < 1.29 is 4.79 Å². The average molecular weight is 139 g/mol. The van der Waals surface area contributed by atoms with Gasteiger partial charge >= 0.3 is 0 Å². The van der Waals surface area contributed by atoms with Crippen molar-refractivity contribution in [1.29, 1.82) is 0 Å². The molecule has 0 aliphatic carbocycles. The van der Waals surface area contributed by atoms with Gasteiger partial charge in [0.2, 0.25) is 0 Å². The Kier molecular flexibility index (Phi) is 2.22. The molecular formula is C8H13NO. The monoisotopic (exact) mass is 139 g/mol. The largest absolute Gasteiger partial charge is 0.304 e. The maximum atomic E-state index is 10.4. The lowest BCUT2D eigenvalue weighted by atomic mass is 10.0. The van der Waals surface area contributed by atoms with E-state index in [1.165, 1.54) is 11.1 Å². The van der Waals surface area contributed by atoms with Gasteiger partial charge in [-0.1, -0.05) is 5.57 Å².